The van der Waals surface area contributed by atoms with E-state index in [0.717, 1.165) is 30.5 Å². The van der Waals surface area contributed by atoms with Gasteiger partial charge in [-0.25, -0.2) is 18.4 Å². The number of H-pyrrole nitrogens is 1. The second kappa shape index (κ2) is 6.26. The Hall–Kier alpha value is -2.49. The van der Waals surface area contributed by atoms with Gasteiger partial charge in [-0.05, 0) is 31.7 Å². The average Bonchev–Trinajstić information content (AvgIpc) is 3.32. The number of aromatic nitrogens is 4. The van der Waals surface area contributed by atoms with E-state index in [9.17, 15) is 13.2 Å². The van der Waals surface area contributed by atoms with Crippen molar-refractivity contribution in [1.29, 1.82) is 0 Å². The van der Waals surface area contributed by atoms with E-state index in [1.165, 1.54) is 0 Å². The fraction of sp³-hybridized carbons (Fsp3) is 0.556. The van der Waals surface area contributed by atoms with Crippen LogP contribution in [0.5, 0.6) is 6.01 Å². The van der Waals surface area contributed by atoms with Gasteiger partial charge >= 0.3 is 6.01 Å². The molecule has 2 aromatic heterocycles. The SMILES string of the molecule is O=C(c1n[nH]c2c1CCC2)N1CC2(C1)[C@@H](COc1ncccn1)CCS2(=O)=O. The van der Waals surface area contributed by atoms with Gasteiger partial charge in [0, 0.05) is 42.7 Å². The molecule has 3 aliphatic rings. The van der Waals surface area contributed by atoms with Gasteiger partial charge in [-0.1, -0.05) is 0 Å². The van der Waals surface area contributed by atoms with Gasteiger partial charge < -0.3 is 9.64 Å². The number of nitrogens with zero attached hydrogens (tertiary/aromatic N) is 4. The Labute approximate surface area is 162 Å². The minimum Gasteiger partial charge on any atom is -0.463 e. The van der Waals surface area contributed by atoms with E-state index in [2.05, 4.69) is 20.2 Å². The summed E-state index contributed by atoms with van der Waals surface area (Å²) in [6.45, 7) is 0.613. The molecule has 1 amide bonds. The maximum atomic E-state index is 12.9. The minimum atomic E-state index is -3.29. The number of rotatable bonds is 4. The van der Waals surface area contributed by atoms with Crippen molar-refractivity contribution >= 4 is 15.7 Å². The van der Waals surface area contributed by atoms with Crippen LogP contribution >= 0.6 is 0 Å². The van der Waals surface area contributed by atoms with Crippen molar-refractivity contribution in [3.63, 3.8) is 0 Å². The molecule has 2 saturated heterocycles. The van der Waals surface area contributed by atoms with Crippen LogP contribution in [0.15, 0.2) is 18.5 Å². The smallest absolute Gasteiger partial charge is 0.316 e. The van der Waals surface area contributed by atoms with Crippen LogP contribution in [0.2, 0.25) is 0 Å². The largest absolute Gasteiger partial charge is 0.463 e. The molecule has 4 heterocycles. The van der Waals surface area contributed by atoms with Gasteiger partial charge in [-0.2, -0.15) is 5.10 Å². The highest BCUT2D eigenvalue weighted by atomic mass is 32.2. The van der Waals surface area contributed by atoms with Crippen molar-refractivity contribution in [1.82, 2.24) is 25.1 Å². The summed E-state index contributed by atoms with van der Waals surface area (Å²) in [4.78, 5) is 22.5. The van der Waals surface area contributed by atoms with Gasteiger partial charge in [0.1, 0.15) is 4.75 Å². The lowest BCUT2D eigenvalue weighted by Crippen LogP contribution is -2.69. The van der Waals surface area contributed by atoms with E-state index in [0.29, 0.717) is 12.1 Å². The highest BCUT2D eigenvalue weighted by Gasteiger charge is 2.63. The van der Waals surface area contributed by atoms with Crippen molar-refractivity contribution in [3.05, 3.63) is 35.4 Å². The molecule has 0 unspecified atom stereocenters. The number of hydrogen-bond acceptors (Lipinski definition) is 7. The van der Waals surface area contributed by atoms with Gasteiger partial charge in [-0.15, -0.1) is 0 Å². The molecule has 1 N–H and O–H groups in total. The number of carbonyl (C=O) groups excluding carboxylic acids is 1. The van der Waals surface area contributed by atoms with Crippen LogP contribution in [0, 0.1) is 5.92 Å². The number of nitrogens with one attached hydrogen (secondary N) is 1. The highest BCUT2D eigenvalue weighted by Crippen LogP contribution is 2.45. The first-order chi connectivity index (χ1) is 13.5. The molecule has 1 aliphatic carbocycles. The Morgan fingerprint density at radius 3 is 2.86 bits per heavy atom. The molecule has 9 nitrogen and oxygen atoms in total. The lowest BCUT2D eigenvalue weighted by molar-refractivity contribution is 0.0397. The van der Waals surface area contributed by atoms with Gasteiger partial charge in [0.05, 0.1) is 12.4 Å². The van der Waals surface area contributed by atoms with Crippen molar-refractivity contribution in [2.75, 3.05) is 25.4 Å². The van der Waals surface area contributed by atoms with Gasteiger partial charge in [0.15, 0.2) is 15.5 Å². The molecule has 2 aliphatic heterocycles. The maximum Gasteiger partial charge on any atom is 0.316 e. The Balaban J connectivity index is 1.31. The van der Waals surface area contributed by atoms with Gasteiger partial charge in [0.25, 0.3) is 5.91 Å². The number of fused-ring (bicyclic) bond motifs is 1. The summed E-state index contributed by atoms with van der Waals surface area (Å²) in [6.07, 6.45) is 6.45. The first-order valence-corrected chi connectivity index (χ1v) is 11.1. The van der Waals surface area contributed by atoms with Crippen molar-refractivity contribution < 1.29 is 17.9 Å². The summed E-state index contributed by atoms with van der Waals surface area (Å²) in [5.74, 6) is -0.246. The zero-order valence-corrected chi connectivity index (χ0v) is 16.1. The van der Waals surface area contributed by atoms with Crippen LogP contribution in [-0.2, 0) is 22.7 Å². The normalized spacial score (nSPS) is 24.1. The number of ether oxygens (including phenoxy) is 1. The second-order valence-corrected chi connectivity index (χ2v) is 10.2. The fourth-order valence-corrected chi connectivity index (χ4v) is 7.03. The van der Waals surface area contributed by atoms with E-state index in [-0.39, 0.29) is 43.3 Å². The van der Waals surface area contributed by atoms with Crippen LogP contribution in [0.3, 0.4) is 0 Å². The molecule has 0 saturated carbocycles. The first-order valence-electron chi connectivity index (χ1n) is 9.48. The Morgan fingerprint density at radius 2 is 2.07 bits per heavy atom. The van der Waals surface area contributed by atoms with E-state index in [1.807, 2.05) is 0 Å². The third-order valence-corrected chi connectivity index (χ3v) is 8.87. The molecular formula is C18H21N5O4S. The van der Waals surface area contributed by atoms with Crippen molar-refractivity contribution in [2.45, 2.75) is 30.4 Å². The minimum absolute atomic E-state index is 0.122. The predicted octanol–water partition coefficient (Wildman–Crippen LogP) is 0.397. The quantitative estimate of drug-likeness (QED) is 0.785. The topological polar surface area (TPSA) is 118 Å². The second-order valence-electron chi connectivity index (χ2n) is 7.76. The lowest BCUT2D eigenvalue weighted by atomic mass is 9.83. The van der Waals surface area contributed by atoms with E-state index in [1.54, 1.807) is 23.4 Å². The van der Waals surface area contributed by atoms with Gasteiger partial charge in [-0.3, -0.25) is 9.89 Å². The van der Waals surface area contributed by atoms with E-state index < -0.39 is 14.6 Å². The number of hydrogen-bond donors (Lipinski definition) is 1. The number of aromatic amines is 1. The standard InChI is InChI=1S/C18H21N5O4S/c24-16(15-13-3-1-4-14(13)21-22-15)23-10-18(11-23)12(5-8-28(18,25)26)9-27-17-19-6-2-7-20-17/h2,6-7,12H,1,3-5,8-11H2,(H,21,22)/t12-/m1/s1. The van der Waals surface area contributed by atoms with Crippen LogP contribution in [0.1, 0.15) is 34.6 Å². The average molecular weight is 403 g/mol. The molecule has 10 heteroatoms. The molecule has 5 rings (SSSR count). The molecule has 148 valence electrons. The molecule has 2 fully saturated rings. The molecule has 28 heavy (non-hydrogen) atoms. The van der Waals surface area contributed by atoms with Gasteiger partial charge in [0.2, 0.25) is 0 Å². The molecule has 0 radical (unpaired) electrons. The number of likely N-dealkylation sites (tertiary alicyclic amines) is 1. The van der Waals surface area contributed by atoms with Crippen LogP contribution in [0.25, 0.3) is 0 Å². The Kier molecular flexibility index (Phi) is 3.94. The Morgan fingerprint density at radius 1 is 1.29 bits per heavy atom. The third-order valence-electron chi connectivity index (χ3n) is 6.27. The summed E-state index contributed by atoms with van der Waals surface area (Å²) in [7, 11) is -3.29. The zero-order chi connectivity index (χ0) is 19.4. The first kappa shape index (κ1) is 17.6. The van der Waals surface area contributed by atoms with Crippen molar-refractivity contribution in [2.24, 2.45) is 5.92 Å². The Bertz CT molecular complexity index is 1010. The van der Waals surface area contributed by atoms with Crippen molar-refractivity contribution in [3.8, 4) is 6.01 Å². The summed E-state index contributed by atoms with van der Waals surface area (Å²) in [5.41, 5.74) is 2.46. The summed E-state index contributed by atoms with van der Waals surface area (Å²) in [5, 5.41) is 7.13. The summed E-state index contributed by atoms with van der Waals surface area (Å²) < 4.78 is 30.3. The van der Waals surface area contributed by atoms with Crippen LogP contribution < -0.4 is 4.74 Å². The van der Waals surface area contributed by atoms with Crippen LogP contribution in [-0.4, -0.2) is 69.6 Å². The summed E-state index contributed by atoms with van der Waals surface area (Å²) in [6, 6.07) is 1.93. The molecule has 0 aromatic carbocycles. The lowest BCUT2D eigenvalue weighted by Gasteiger charge is -2.49. The number of aryl methyl sites for hydroxylation is 1. The number of carbonyl (C=O) groups is 1. The zero-order valence-electron chi connectivity index (χ0n) is 15.3. The predicted molar refractivity (Wildman–Crippen MR) is 98.7 cm³/mol. The summed E-state index contributed by atoms with van der Waals surface area (Å²) >= 11 is 0. The highest BCUT2D eigenvalue weighted by molar-refractivity contribution is 7.93. The molecule has 1 spiro atoms. The fourth-order valence-electron chi connectivity index (χ4n) is 4.63. The third kappa shape index (κ3) is 2.54. The monoisotopic (exact) mass is 403 g/mol. The molecule has 2 aromatic rings. The van der Waals surface area contributed by atoms with E-state index >= 15 is 0 Å². The number of amides is 1. The maximum absolute atomic E-state index is 12.9. The molecular weight excluding hydrogens is 382 g/mol. The van der Waals surface area contributed by atoms with Crippen LogP contribution in [0.4, 0.5) is 0 Å². The number of sulfone groups is 1. The molecule has 1 atom stereocenters. The molecule has 0 bridgehead atoms. The van der Waals surface area contributed by atoms with E-state index in [4.69, 9.17) is 4.74 Å².